The third-order valence-electron chi connectivity index (χ3n) is 7.56. The molecule has 10 heteroatoms. The number of carbonyl (C=O) groups excluding carboxylic acids is 5. The second-order valence-electron chi connectivity index (χ2n) is 11.3. The van der Waals surface area contributed by atoms with Gasteiger partial charge in [0.05, 0.1) is 23.1 Å². The molecule has 0 unspecified atom stereocenters. The summed E-state index contributed by atoms with van der Waals surface area (Å²) in [6.07, 6.45) is 1.61. The zero-order chi connectivity index (χ0) is 34.2. The largest absolute Gasteiger partial charge is 0.462 e. The summed E-state index contributed by atoms with van der Waals surface area (Å²) in [6, 6.07) is 29.5. The van der Waals surface area contributed by atoms with Crippen LogP contribution in [0.2, 0.25) is 0 Å². The normalized spacial score (nSPS) is 14.6. The average Bonchev–Trinajstić information content (AvgIpc) is 3.36. The van der Waals surface area contributed by atoms with Crippen LogP contribution in [0.1, 0.15) is 65.0 Å². The van der Waals surface area contributed by atoms with Crippen LogP contribution in [-0.4, -0.2) is 41.5 Å². The number of thioether (sulfide) groups is 1. The van der Waals surface area contributed by atoms with E-state index in [-0.39, 0.29) is 30.5 Å². The van der Waals surface area contributed by atoms with Crippen molar-refractivity contribution in [2.75, 3.05) is 16.8 Å². The molecular weight excluding hydrogens is 627 g/mol. The lowest BCUT2D eigenvalue weighted by atomic mass is 10.0. The molecular formula is C38H35N3O6S. The fourth-order valence-corrected chi connectivity index (χ4v) is 6.14. The van der Waals surface area contributed by atoms with Crippen LogP contribution in [-0.2, 0) is 19.1 Å². The molecule has 2 N–H and O–H groups in total. The van der Waals surface area contributed by atoms with Gasteiger partial charge in [0.15, 0.2) is 0 Å². The number of anilines is 2. The number of nitrogens with one attached hydrogen (secondary N) is 2. The summed E-state index contributed by atoms with van der Waals surface area (Å²) in [6.45, 7) is 6.15. The van der Waals surface area contributed by atoms with E-state index in [1.807, 2.05) is 24.3 Å². The Morgan fingerprint density at radius 1 is 0.896 bits per heavy atom. The Morgan fingerprint density at radius 3 is 2.27 bits per heavy atom. The van der Waals surface area contributed by atoms with Gasteiger partial charge in [-0.1, -0.05) is 62.4 Å². The van der Waals surface area contributed by atoms with E-state index in [0.29, 0.717) is 33.3 Å². The van der Waals surface area contributed by atoms with Crippen molar-refractivity contribution in [3.8, 4) is 0 Å². The number of esters is 1. The predicted octanol–water partition coefficient (Wildman–Crippen LogP) is 6.82. The maximum Gasteiger partial charge on any atom is 0.338 e. The third kappa shape index (κ3) is 8.26. The Labute approximate surface area is 283 Å². The molecule has 4 amide bonds. The van der Waals surface area contributed by atoms with Crippen molar-refractivity contribution in [1.82, 2.24) is 5.32 Å². The second-order valence-corrected chi connectivity index (χ2v) is 12.6. The standard InChI is InChI=1S/C38H35N3O6S/c1-4-47-38(46)28-17-19-30(20-18-28)41-34(42)23-33(37(41)45)48-31-12-8-11-29(22-31)39-36(44)32(40-35(43)27-9-6-5-7-10-27)21-25-13-15-26(16-14-25)24(2)3/h5-22,24,33H,4,23H2,1-3H3,(H,39,44)(H,40,43)/b32-21-/t33-/m0/s1. The van der Waals surface area contributed by atoms with Crippen LogP contribution < -0.4 is 15.5 Å². The van der Waals surface area contributed by atoms with E-state index in [1.165, 1.54) is 23.9 Å². The molecule has 0 bridgehead atoms. The smallest absolute Gasteiger partial charge is 0.338 e. The van der Waals surface area contributed by atoms with E-state index in [2.05, 4.69) is 24.5 Å². The van der Waals surface area contributed by atoms with Crippen molar-refractivity contribution < 1.29 is 28.7 Å². The minimum atomic E-state index is -0.678. The highest BCUT2D eigenvalue weighted by molar-refractivity contribution is 8.00. The molecule has 1 saturated heterocycles. The first-order valence-corrected chi connectivity index (χ1v) is 16.4. The van der Waals surface area contributed by atoms with Gasteiger partial charge in [0.1, 0.15) is 5.70 Å². The number of ether oxygens (including phenoxy) is 1. The lowest BCUT2D eigenvalue weighted by molar-refractivity contribution is -0.121. The Hall–Kier alpha value is -5.48. The molecule has 244 valence electrons. The van der Waals surface area contributed by atoms with Crippen molar-refractivity contribution in [3.05, 3.63) is 131 Å². The molecule has 1 heterocycles. The van der Waals surface area contributed by atoms with Gasteiger partial charge in [-0.2, -0.15) is 0 Å². The van der Waals surface area contributed by atoms with E-state index >= 15 is 0 Å². The van der Waals surface area contributed by atoms with Gasteiger partial charge >= 0.3 is 5.97 Å². The van der Waals surface area contributed by atoms with Crippen LogP contribution in [0.25, 0.3) is 6.08 Å². The van der Waals surface area contributed by atoms with Crippen molar-refractivity contribution in [2.24, 2.45) is 0 Å². The zero-order valence-corrected chi connectivity index (χ0v) is 27.6. The molecule has 1 atom stereocenters. The van der Waals surface area contributed by atoms with Gasteiger partial charge in [0.25, 0.3) is 11.8 Å². The summed E-state index contributed by atoms with van der Waals surface area (Å²) >= 11 is 1.22. The molecule has 1 fully saturated rings. The summed E-state index contributed by atoms with van der Waals surface area (Å²) in [5.74, 6) is -1.82. The first-order chi connectivity index (χ1) is 23.1. The SMILES string of the molecule is CCOC(=O)c1ccc(N2C(=O)C[C@H](Sc3cccc(NC(=O)/C(=C/c4ccc(C(C)C)cc4)NC(=O)c4ccccc4)c3)C2=O)cc1. The van der Waals surface area contributed by atoms with Gasteiger partial charge in [0.2, 0.25) is 11.8 Å². The molecule has 4 aromatic carbocycles. The number of rotatable bonds is 11. The van der Waals surface area contributed by atoms with Crippen LogP contribution in [0, 0.1) is 0 Å². The maximum atomic E-state index is 13.6. The third-order valence-corrected chi connectivity index (χ3v) is 8.73. The molecule has 0 aromatic heterocycles. The van der Waals surface area contributed by atoms with Crippen LogP contribution in [0.5, 0.6) is 0 Å². The maximum absolute atomic E-state index is 13.6. The van der Waals surface area contributed by atoms with Gasteiger partial charge in [0, 0.05) is 22.6 Å². The van der Waals surface area contributed by atoms with Crippen molar-refractivity contribution in [1.29, 1.82) is 0 Å². The number of nitrogens with zero attached hydrogens (tertiary/aromatic N) is 1. The molecule has 0 saturated carbocycles. The summed E-state index contributed by atoms with van der Waals surface area (Å²) in [5.41, 5.74) is 3.50. The summed E-state index contributed by atoms with van der Waals surface area (Å²) in [7, 11) is 0. The Kier molecular flexibility index (Phi) is 10.9. The highest BCUT2D eigenvalue weighted by atomic mass is 32.2. The Bertz CT molecular complexity index is 1850. The molecule has 9 nitrogen and oxygen atoms in total. The van der Waals surface area contributed by atoms with Gasteiger partial charge < -0.3 is 15.4 Å². The van der Waals surface area contributed by atoms with Gasteiger partial charge in [-0.15, -0.1) is 11.8 Å². The summed E-state index contributed by atoms with van der Waals surface area (Å²) < 4.78 is 5.00. The van der Waals surface area contributed by atoms with E-state index in [1.54, 1.807) is 79.7 Å². The molecule has 0 aliphatic carbocycles. The van der Waals surface area contributed by atoms with E-state index in [0.717, 1.165) is 16.0 Å². The van der Waals surface area contributed by atoms with Crippen molar-refractivity contribution in [3.63, 3.8) is 0 Å². The monoisotopic (exact) mass is 661 g/mol. The van der Waals surface area contributed by atoms with Gasteiger partial charge in [-0.25, -0.2) is 9.69 Å². The molecule has 48 heavy (non-hydrogen) atoms. The number of amides is 4. The van der Waals surface area contributed by atoms with Crippen molar-refractivity contribution >= 4 is 58.8 Å². The van der Waals surface area contributed by atoms with Crippen LogP contribution in [0.3, 0.4) is 0 Å². The molecule has 5 rings (SSSR count). The molecule has 4 aromatic rings. The minimum absolute atomic E-state index is 0.00623. The topological polar surface area (TPSA) is 122 Å². The Balaban J connectivity index is 1.30. The quantitative estimate of drug-likeness (QED) is 0.103. The molecule has 1 aliphatic rings. The predicted molar refractivity (Wildman–Crippen MR) is 187 cm³/mol. The number of carbonyl (C=O) groups is 5. The van der Waals surface area contributed by atoms with Crippen LogP contribution in [0.15, 0.2) is 114 Å². The fraction of sp³-hybridized carbons (Fsp3) is 0.184. The van der Waals surface area contributed by atoms with E-state index in [4.69, 9.17) is 4.74 Å². The lowest BCUT2D eigenvalue weighted by Crippen LogP contribution is -2.31. The highest BCUT2D eigenvalue weighted by Crippen LogP contribution is 2.35. The van der Waals surface area contributed by atoms with Crippen molar-refractivity contribution in [2.45, 2.75) is 43.3 Å². The average molecular weight is 662 g/mol. The first-order valence-electron chi connectivity index (χ1n) is 15.5. The lowest BCUT2D eigenvalue weighted by Gasteiger charge is -2.16. The van der Waals surface area contributed by atoms with E-state index in [9.17, 15) is 24.0 Å². The number of imide groups is 1. The number of benzene rings is 4. The molecule has 0 spiro atoms. The summed E-state index contributed by atoms with van der Waals surface area (Å²) in [5, 5.41) is 4.93. The van der Waals surface area contributed by atoms with Crippen LogP contribution in [0.4, 0.5) is 11.4 Å². The van der Waals surface area contributed by atoms with E-state index < -0.39 is 23.0 Å². The van der Waals surface area contributed by atoms with Gasteiger partial charge in [-0.05, 0) is 84.6 Å². The Morgan fingerprint density at radius 2 is 1.60 bits per heavy atom. The zero-order valence-electron chi connectivity index (χ0n) is 26.8. The number of hydrogen-bond acceptors (Lipinski definition) is 7. The highest BCUT2D eigenvalue weighted by Gasteiger charge is 2.40. The molecule has 0 radical (unpaired) electrons. The number of hydrogen-bond donors (Lipinski definition) is 2. The van der Waals surface area contributed by atoms with Crippen LogP contribution >= 0.6 is 11.8 Å². The minimum Gasteiger partial charge on any atom is -0.462 e. The second kappa shape index (κ2) is 15.4. The van der Waals surface area contributed by atoms with Gasteiger partial charge in [-0.3, -0.25) is 19.2 Å². The summed E-state index contributed by atoms with van der Waals surface area (Å²) in [4.78, 5) is 66.6. The first kappa shape index (κ1) is 33.9. The fourth-order valence-electron chi connectivity index (χ4n) is 5.02. The molecule has 1 aliphatic heterocycles.